The van der Waals surface area contributed by atoms with Crippen molar-refractivity contribution in [2.24, 2.45) is 15.9 Å². The van der Waals surface area contributed by atoms with E-state index in [2.05, 4.69) is 56.2 Å². The number of nitrogens with one attached hydrogen (secondary N) is 2. The Hall–Kier alpha value is -3.87. The molecule has 1 aromatic heterocycles. The molecule has 5 rings (SSSR count). The molecule has 7 nitrogen and oxygen atoms in total. The monoisotopic (exact) mass is 482 g/mol. The number of guanidine groups is 1. The maximum absolute atomic E-state index is 12.5. The summed E-state index contributed by atoms with van der Waals surface area (Å²) in [6.45, 7) is 7.64. The Bertz CT molecular complexity index is 1270. The van der Waals surface area contributed by atoms with Crippen molar-refractivity contribution in [1.29, 1.82) is 0 Å². The molecule has 0 aliphatic carbocycles. The van der Waals surface area contributed by atoms with Crippen LogP contribution in [0, 0.1) is 5.92 Å². The van der Waals surface area contributed by atoms with Gasteiger partial charge in [0.2, 0.25) is 5.96 Å². The Balaban J connectivity index is 1.13. The fraction of sp³-hybridized carbons (Fsp3) is 0.345. The van der Waals surface area contributed by atoms with Gasteiger partial charge in [0.25, 0.3) is 0 Å². The van der Waals surface area contributed by atoms with Crippen molar-refractivity contribution in [3.8, 4) is 0 Å². The quantitative estimate of drug-likeness (QED) is 0.394. The van der Waals surface area contributed by atoms with Crippen LogP contribution in [0.4, 0.5) is 4.79 Å². The molecule has 2 N–H and O–H groups in total. The number of urea groups is 1. The lowest BCUT2D eigenvalue weighted by molar-refractivity contribution is 0.170. The van der Waals surface area contributed by atoms with E-state index < -0.39 is 0 Å². The van der Waals surface area contributed by atoms with Crippen LogP contribution in [0.15, 0.2) is 77.5 Å². The number of benzene rings is 2. The van der Waals surface area contributed by atoms with E-state index in [4.69, 9.17) is 0 Å². The van der Waals surface area contributed by atoms with Crippen molar-refractivity contribution >= 4 is 29.1 Å². The lowest BCUT2D eigenvalue weighted by atomic mass is 9.97. The summed E-state index contributed by atoms with van der Waals surface area (Å²) in [6.07, 6.45) is 9.84. The molecule has 3 heterocycles. The standard InChI is InChI=1S/C29H34N6O/c1-2-30-28(32-20-25-21-35-15-7-11-24-10-6-12-26(25)27(24)35)31-18-23-13-16-34(17-14-23)29(36)33-19-22-8-4-3-5-9-22/h2-6,8-10,12,20-21,23H,1,7,11,13-19H2,(H,30,31)(H,33,36)/b32-20+. The number of nitrogens with zero attached hydrogens (tertiary/aromatic N) is 4. The number of carbonyl (C=O) groups excluding carboxylic acids is 1. The van der Waals surface area contributed by atoms with Gasteiger partial charge >= 0.3 is 6.03 Å². The first-order valence-corrected chi connectivity index (χ1v) is 12.9. The number of para-hydroxylation sites is 1. The molecule has 186 valence electrons. The Morgan fingerprint density at radius 2 is 1.89 bits per heavy atom. The van der Waals surface area contributed by atoms with E-state index in [0.29, 0.717) is 18.4 Å². The molecule has 3 aromatic rings. The molecule has 1 fully saturated rings. The fourth-order valence-corrected chi connectivity index (χ4v) is 5.19. The molecule has 36 heavy (non-hydrogen) atoms. The zero-order valence-electron chi connectivity index (χ0n) is 20.7. The number of piperidine rings is 1. The number of aromatic nitrogens is 1. The Labute approximate surface area is 212 Å². The molecule has 2 amide bonds. The van der Waals surface area contributed by atoms with Crippen molar-refractivity contribution in [2.45, 2.75) is 38.8 Å². The van der Waals surface area contributed by atoms with Crippen LogP contribution < -0.4 is 10.6 Å². The van der Waals surface area contributed by atoms with Crippen LogP contribution in [-0.4, -0.2) is 47.3 Å². The summed E-state index contributed by atoms with van der Waals surface area (Å²) in [5.41, 5.74) is 4.97. The smallest absolute Gasteiger partial charge is 0.317 e. The zero-order chi connectivity index (χ0) is 24.7. The third kappa shape index (κ3) is 5.51. The SMILES string of the molecule is C=C/N=C(\N=C\c1cn2c3c(cccc13)CCC2)NCC1CCN(C(=O)NCc2ccccc2)CC1. The van der Waals surface area contributed by atoms with Gasteiger partial charge in [-0.3, -0.25) is 0 Å². The van der Waals surface area contributed by atoms with E-state index in [-0.39, 0.29) is 6.03 Å². The number of hydrogen-bond donors (Lipinski definition) is 2. The maximum atomic E-state index is 12.5. The molecule has 0 unspecified atom stereocenters. The van der Waals surface area contributed by atoms with Crippen LogP contribution in [0.1, 0.15) is 36.0 Å². The van der Waals surface area contributed by atoms with E-state index in [9.17, 15) is 4.79 Å². The third-order valence-electron chi connectivity index (χ3n) is 7.13. The molecule has 0 saturated carbocycles. The summed E-state index contributed by atoms with van der Waals surface area (Å²) in [5, 5.41) is 7.67. The predicted molar refractivity (Wildman–Crippen MR) is 146 cm³/mol. The molecule has 2 aliphatic heterocycles. The molecule has 7 heteroatoms. The number of amides is 2. The van der Waals surface area contributed by atoms with Crippen LogP contribution in [0.25, 0.3) is 10.9 Å². The number of rotatable bonds is 6. The van der Waals surface area contributed by atoms with E-state index in [0.717, 1.165) is 56.6 Å². The second-order valence-electron chi connectivity index (χ2n) is 9.54. The number of carbonyl (C=O) groups is 1. The van der Waals surface area contributed by atoms with Gasteiger partial charge in [0.1, 0.15) is 0 Å². The van der Waals surface area contributed by atoms with Gasteiger partial charge in [-0.05, 0) is 42.7 Å². The lowest BCUT2D eigenvalue weighted by Crippen LogP contribution is -2.45. The van der Waals surface area contributed by atoms with Crippen molar-refractivity contribution in [2.75, 3.05) is 19.6 Å². The van der Waals surface area contributed by atoms with Gasteiger partial charge in [-0.15, -0.1) is 0 Å². The molecular weight excluding hydrogens is 448 g/mol. The highest BCUT2D eigenvalue weighted by Crippen LogP contribution is 2.28. The summed E-state index contributed by atoms with van der Waals surface area (Å²) in [7, 11) is 0. The molecule has 0 atom stereocenters. The van der Waals surface area contributed by atoms with Gasteiger partial charge in [0.15, 0.2) is 0 Å². The molecule has 0 bridgehead atoms. The van der Waals surface area contributed by atoms with E-state index in [1.165, 1.54) is 29.1 Å². The minimum absolute atomic E-state index is 0.00931. The van der Waals surface area contributed by atoms with E-state index in [1.807, 2.05) is 41.4 Å². The highest BCUT2D eigenvalue weighted by atomic mass is 16.2. The first-order valence-electron chi connectivity index (χ1n) is 12.9. The third-order valence-corrected chi connectivity index (χ3v) is 7.13. The second kappa shape index (κ2) is 11.2. The van der Waals surface area contributed by atoms with Gasteiger partial charge < -0.3 is 20.1 Å². The van der Waals surface area contributed by atoms with Gasteiger partial charge in [-0.25, -0.2) is 14.8 Å². The summed E-state index contributed by atoms with van der Waals surface area (Å²) in [6, 6.07) is 16.5. The average molecular weight is 483 g/mol. The number of hydrogen-bond acceptors (Lipinski definition) is 2. The highest BCUT2D eigenvalue weighted by Gasteiger charge is 2.23. The molecule has 0 spiro atoms. The minimum Gasteiger partial charge on any atom is -0.354 e. The summed E-state index contributed by atoms with van der Waals surface area (Å²) in [5.74, 6) is 1.03. The van der Waals surface area contributed by atoms with E-state index in [1.54, 1.807) is 0 Å². The summed E-state index contributed by atoms with van der Waals surface area (Å²) in [4.78, 5) is 23.5. The second-order valence-corrected chi connectivity index (χ2v) is 9.54. The molecule has 2 aliphatic rings. The van der Waals surface area contributed by atoms with Crippen LogP contribution in [-0.2, 0) is 19.5 Å². The molecule has 1 saturated heterocycles. The molecule has 2 aromatic carbocycles. The normalized spacial score (nSPS) is 16.4. The van der Waals surface area contributed by atoms with Gasteiger partial charge in [0.05, 0.1) is 5.52 Å². The highest BCUT2D eigenvalue weighted by molar-refractivity contribution is 6.04. The van der Waals surface area contributed by atoms with Crippen LogP contribution in [0.3, 0.4) is 0 Å². The van der Waals surface area contributed by atoms with Gasteiger partial charge in [0, 0.05) is 62.3 Å². The van der Waals surface area contributed by atoms with Crippen molar-refractivity contribution < 1.29 is 4.79 Å². The van der Waals surface area contributed by atoms with Crippen LogP contribution in [0.2, 0.25) is 0 Å². The first kappa shape index (κ1) is 23.9. The molecular formula is C29H34N6O. The van der Waals surface area contributed by atoms with Crippen molar-refractivity contribution in [3.05, 3.63) is 84.2 Å². The number of likely N-dealkylation sites (tertiary alicyclic amines) is 1. The largest absolute Gasteiger partial charge is 0.354 e. The summed E-state index contributed by atoms with van der Waals surface area (Å²) < 4.78 is 2.34. The first-order chi connectivity index (χ1) is 17.7. The fourth-order valence-electron chi connectivity index (χ4n) is 5.19. The Morgan fingerprint density at radius 3 is 2.69 bits per heavy atom. The lowest BCUT2D eigenvalue weighted by Gasteiger charge is -2.32. The number of aliphatic imine (C=N–C) groups is 2. The van der Waals surface area contributed by atoms with Crippen LogP contribution >= 0.6 is 0 Å². The zero-order valence-corrected chi connectivity index (χ0v) is 20.7. The maximum Gasteiger partial charge on any atom is 0.317 e. The van der Waals surface area contributed by atoms with E-state index >= 15 is 0 Å². The Kier molecular flexibility index (Phi) is 7.45. The van der Waals surface area contributed by atoms with Crippen molar-refractivity contribution in [1.82, 2.24) is 20.1 Å². The predicted octanol–water partition coefficient (Wildman–Crippen LogP) is 4.72. The topological polar surface area (TPSA) is 74.0 Å². The van der Waals surface area contributed by atoms with Crippen molar-refractivity contribution in [3.63, 3.8) is 0 Å². The minimum atomic E-state index is 0.00931. The van der Waals surface area contributed by atoms with Gasteiger partial charge in [-0.2, -0.15) is 0 Å². The number of aryl methyl sites for hydroxylation is 2. The summed E-state index contributed by atoms with van der Waals surface area (Å²) >= 11 is 0. The molecule has 0 radical (unpaired) electrons. The van der Waals surface area contributed by atoms with Gasteiger partial charge in [-0.1, -0.05) is 55.1 Å². The Morgan fingerprint density at radius 1 is 1.06 bits per heavy atom. The van der Waals surface area contributed by atoms with Crippen LogP contribution in [0.5, 0.6) is 0 Å². The average Bonchev–Trinajstić information content (AvgIpc) is 3.29.